The Balaban J connectivity index is 1.51. The van der Waals surface area contributed by atoms with Crippen molar-refractivity contribution in [2.45, 2.75) is 18.9 Å². The maximum atomic E-state index is 12.9. The Labute approximate surface area is 156 Å². The Morgan fingerprint density at radius 2 is 1.56 bits per heavy atom. The SMILES string of the molecule is O=C(Nc1cccc2ccccc12)C(=O)c1cn(C2CC2)c2ccccc12. The minimum Gasteiger partial charge on any atom is -0.344 e. The van der Waals surface area contributed by atoms with Gasteiger partial charge in [0.25, 0.3) is 11.7 Å². The third-order valence-corrected chi connectivity index (χ3v) is 5.17. The van der Waals surface area contributed by atoms with E-state index in [0.717, 1.165) is 34.5 Å². The van der Waals surface area contributed by atoms with Crippen molar-refractivity contribution in [3.63, 3.8) is 0 Å². The first-order valence-corrected chi connectivity index (χ1v) is 9.15. The number of fused-ring (bicyclic) bond motifs is 2. The number of rotatable bonds is 4. The quantitative estimate of drug-likeness (QED) is 0.416. The molecule has 0 saturated heterocycles. The van der Waals surface area contributed by atoms with Crippen LogP contribution in [0.5, 0.6) is 0 Å². The van der Waals surface area contributed by atoms with E-state index in [1.54, 1.807) is 0 Å². The molecule has 1 amide bonds. The predicted octanol–water partition coefficient (Wildman–Crippen LogP) is 4.95. The highest BCUT2D eigenvalue weighted by Crippen LogP contribution is 2.39. The number of ketones is 1. The van der Waals surface area contributed by atoms with Crippen LogP contribution in [0.4, 0.5) is 5.69 Å². The van der Waals surface area contributed by atoms with Crippen LogP contribution in [0.1, 0.15) is 29.2 Å². The first-order chi connectivity index (χ1) is 13.2. The average Bonchev–Trinajstić information content (AvgIpc) is 3.48. The standard InChI is InChI=1S/C23H18N2O2/c26-22(19-14-25(16-12-13-16)21-11-4-3-9-18(19)21)23(27)24-20-10-5-7-15-6-1-2-8-17(15)20/h1-11,14,16H,12-13H2,(H,24,27). The number of aromatic nitrogens is 1. The highest BCUT2D eigenvalue weighted by Gasteiger charge is 2.28. The summed E-state index contributed by atoms with van der Waals surface area (Å²) in [6.45, 7) is 0. The zero-order chi connectivity index (χ0) is 18.4. The Bertz CT molecular complexity index is 1200. The normalized spacial score (nSPS) is 13.8. The number of anilines is 1. The van der Waals surface area contributed by atoms with E-state index in [9.17, 15) is 9.59 Å². The van der Waals surface area contributed by atoms with Gasteiger partial charge in [0.1, 0.15) is 0 Å². The lowest BCUT2D eigenvalue weighted by molar-refractivity contribution is -0.112. The number of carbonyl (C=O) groups is 2. The summed E-state index contributed by atoms with van der Waals surface area (Å²) in [5, 5.41) is 5.58. The van der Waals surface area contributed by atoms with Crippen LogP contribution in [0.15, 0.2) is 72.9 Å². The number of amides is 1. The van der Waals surface area contributed by atoms with Crippen LogP contribution in [-0.2, 0) is 4.79 Å². The van der Waals surface area contributed by atoms with Crippen molar-refractivity contribution in [1.29, 1.82) is 0 Å². The number of para-hydroxylation sites is 1. The number of Topliss-reactive ketones (excluding diaryl/α,β-unsaturated/α-hetero) is 1. The molecule has 1 aliphatic carbocycles. The molecule has 132 valence electrons. The Kier molecular flexibility index (Phi) is 3.57. The molecule has 0 spiro atoms. The van der Waals surface area contributed by atoms with E-state index in [-0.39, 0.29) is 0 Å². The smallest absolute Gasteiger partial charge is 0.296 e. The second kappa shape index (κ2) is 6.09. The summed E-state index contributed by atoms with van der Waals surface area (Å²) in [7, 11) is 0. The molecule has 1 N–H and O–H groups in total. The van der Waals surface area contributed by atoms with Gasteiger partial charge in [0.15, 0.2) is 0 Å². The Morgan fingerprint density at radius 1 is 0.852 bits per heavy atom. The summed E-state index contributed by atoms with van der Waals surface area (Å²) < 4.78 is 2.13. The predicted molar refractivity (Wildman–Crippen MR) is 107 cm³/mol. The molecular formula is C23H18N2O2. The van der Waals surface area contributed by atoms with Crippen LogP contribution in [0.2, 0.25) is 0 Å². The van der Waals surface area contributed by atoms with Gasteiger partial charge in [0, 0.05) is 34.2 Å². The molecule has 5 rings (SSSR count). The van der Waals surface area contributed by atoms with Crippen LogP contribution < -0.4 is 5.32 Å². The van der Waals surface area contributed by atoms with E-state index in [1.807, 2.05) is 72.9 Å². The van der Waals surface area contributed by atoms with Gasteiger partial charge in [-0.2, -0.15) is 0 Å². The van der Waals surface area contributed by atoms with Crippen LogP contribution in [-0.4, -0.2) is 16.3 Å². The summed E-state index contributed by atoms with van der Waals surface area (Å²) in [5.41, 5.74) is 2.13. The molecule has 0 unspecified atom stereocenters. The molecule has 0 aliphatic heterocycles. The molecule has 0 bridgehead atoms. The van der Waals surface area contributed by atoms with Gasteiger partial charge in [-0.3, -0.25) is 9.59 Å². The molecule has 1 heterocycles. The molecule has 0 atom stereocenters. The van der Waals surface area contributed by atoms with Crippen molar-refractivity contribution in [2.24, 2.45) is 0 Å². The topological polar surface area (TPSA) is 51.1 Å². The number of nitrogens with one attached hydrogen (secondary N) is 1. The first-order valence-electron chi connectivity index (χ1n) is 9.15. The first kappa shape index (κ1) is 15.8. The van der Waals surface area contributed by atoms with Crippen LogP contribution in [0.3, 0.4) is 0 Å². The summed E-state index contributed by atoms with van der Waals surface area (Å²) in [6, 6.07) is 21.7. The minimum atomic E-state index is -0.606. The monoisotopic (exact) mass is 354 g/mol. The van der Waals surface area contributed by atoms with E-state index < -0.39 is 11.7 Å². The van der Waals surface area contributed by atoms with Gasteiger partial charge in [-0.05, 0) is 30.4 Å². The van der Waals surface area contributed by atoms with Gasteiger partial charge < -0.3 is 9.88 Å². The van der Waals surface area contributed by atoms with E-state index >= 15 is 0 Å². The summed E-state index contributed by atoms with van der Waals surface area (Å²) >= 11 is 0. The molecule has 4 nitrogen and oxygen atoms in total. The van der Waals surface area contributed by atoms with Crippen molar-refractivity contribution in [3.05, 3.63) is 78.5 Å². The summed E-state index contributed by atoms with van der Waals surface area (Å²) in [5.74, 6) is -1.11. The summed E-state index contributed by atoms with van der Waals surface area (Å²) in [6.07, 6.45) is 4.08. The maximum Gasteiger partial charge on any atom is 0.296 e. The lowest BCUT2D eigenvalue weighted by Crippen LogP contribution is -2.22. The van der Waals surface area contributed by atoms with Crippen molar-refractivity contribution >= 4 is 39.1 Å². The van der Waals surface area contributed by atoms with E-state index in [4.69, 9.17) is 0 Å². The number of carbonyl (C=O) groups excluding carboxylic acids is 2. The minimum absolute atomic E-state index is 0.442. The fourth-order valence-corrected chi connectivity index (χ4v) is 3.68. The van der Waals surface area contributed by atoms with Gasteiger partial charge in [0.2, 0.25) is 0 Å². The third-order valence-electron chi connectivity index (χ3n) is 5.17. The highest BCUT2D eigenvalue weighted by molar-refractivity contribution is 6.48. The van der Waals surface area contributed by atoms with Gasteiger partial charge in [-0.15, -0.1) is 0 Å². The van der Waals surface area contributed by atoms with Crippen LogP contribution in [0.25, 0.3) is 21.7 Å². The molecule has 27 heavy (non-hydrogen) atoms. The van der Waals surface area contributed by atoms with Crippen molar-refractivity contribution in [2.75, 3.05) is 5.32 Å². The van der Waals surface area contributed by atoms with Crippen molar-refractivity contribution < 1.29 is 9.59 Å². The number of hydrogen-bond acceptors (Lipinski definition) is 2. The summed E-state index contributed by atoms with van der Waals surface area (Å²) in [4.78, 5) is 25.7. The van der Waals surface area contributed by atoms with Gasteiger partial charge in [-0.25, -0.2) is 0 Å². The van der Waals surface area contributed by atoms with E-state index in [2.05, 4.69) is 9.88 Å². The third kappa shape index (κ3) is 2.70. The van der Waals surface area contributed by atoms with Gasteiger partial charge in [-0.1, -0.05) is 54.6 Å². The number of nitrogens with zero attached hydrogens (tertiary/aromatic N) is 1. The van der Waals surface area contributed by atoms with E-state index in [1.165, 1.54) is 0 Å². The molecule has 4 aromatic rings. The second-order valence-corrected chi connectivity index (χ2v) is 7.01. The van der Waals surface area contributed by atoms with E-state index in [0.29, 0.717) is 17.3 Å². The molecule has 1 aromatic heterocycles. The molecule has 1 fully saturated rings. The molecular weight excluding hydrogens is 336 g/mol. The van der Waals surface area contributed by atoms with Gasteiger partial charge in [0.05, 0.1) is 5.56 Å². The molecule has 1 saturated carbocycles. The van der Waals surface area contributed by atoms with Gasteiger partial charge >= 0.3 is 0 Å². The zero-order valence-electron chi connectivity index (χ0n) is 14.7. The fourth-order valence-electron chi connectivity index (χ4n) is 3.68. The largest absolute Gasteiger partial charge is 0.344 e. The molecule has 1 aliphatic rings. The van der Waals surface area contributed by atoms with Crippen LogP contribution in [0, 0.1) is 0 Å². The number of benzene rings is 3. The maximum absolute atomic E-state index is 12.9. The number of hydrogen-bond donors (Lipinski definition) is 1. The highest BCUT2D eigenvalue weighted by atomic mass is 16.2. The average molecular weight is 354 g/mol. The Morgan fingerprint density at radius 3 is 2.37 bits per heavy atom. The van der Waals surface area contributed by atoms with Crippen LogP contribution >= 0.6 is 0 Å². The van der Waals surface area contributed by atoms with Crippen molar-refractivity contribution in [1.82, 2.24) is 4.57 Å². The fraction of sp³-hybridized carbons (Fsp3) is 0.130. The molecule has 3 aromatic carbocycles. The zero-order valence-corrected chi connectivity index (χ0v) is 14.7. The molecule has 4 heteroatoms. The second-order valence-electron chi connectivity index (χ2n) is 7.01. The lowest BCUT2D eigenvalue weighted by atomic mass is 10.1. The molecule has 0 radical (unpaired) electrons. The Hall–Kier alpha value is -3.40. The van der Waals surface area contributed by atoms with Crippen molar-refractivity contribution in [3.8, 4) is 0 Å². The lowest BCUT2D eigenvalue weighted by Gasteiger charge is -2.08.